The Balaban J connectivity index is 1.47. The van der Waals surface area contributed by atoms with Crippen LogP contribution in [0.15, 0.2) is 109 Å². The molecule has 2 aromatic heterocycles. The topological polar surface area (TPSA) is 109 Å². The summed E-state index contributed by atoms with van der Waals surface area (Å²) in [6.07, 6.45) is 6.69. The highest BCUT2D eigenvalue weighted by atomic mass is 32.1. The molecule has 3 heterocycles. The fourth-order valence-electron chi connectivity index (χ4n) is 4.81. The summed E-state index contributed by atoms with van der Waals surface area (Å²) >= 11 is 1.29. The summed E-state index contributed by atoms with van der Waals surface area (Å²) in [6.45, 7) is 7.04. The molecule has 0 aliphatic carbocycles. The highest BCUT2D eigenvalue weighted by Crippen LogP contribution is 2.46. The molecule has 0 spiro atoms. The molecular weight excluding hydrogens is 550 g/mol. The van der Waals surface area contributed by atoms with Crippen LogP contribution >= 0.6 is 11.3 Å². The summed E-state index contributed by atoms with van der Waals surface area (Å²) < 4.78 is 25.4. The van der Waals surface area contributed by atoms with Crippen molar-refractivity contribution in [3.05, 3.63) is 125 Å². The Labute approximate surface area is 249 Å². The molecular formula is C33H35N3O5S. The maximum Gasteiger partial charge on any atom is 0.234 e. The van der Waals surface area contributed by atoms with Gasteiger partial charge >= 0.3 is 0 Å². The van der Waals surface area contributed by atoms with Crippen LogP contribution in [0.3, 0.4) is 0 Å². The Morgan fingerprint density at radius 3 is 2.48 bits per heavy atom. The fourth-order valence-corrected chi connectivity index (χ4v) is 5.89. The van der Waals surface area contributed by atoms with Gasteiger partial charge in [-0.3, -0.25) is 0 Å². The monoisotopic (exact) mass is 585 g/mol. The number of hydrogen-bond acceptors (Lipinski definition) is 9. The minimum atomic E-state index is -1.90. The van der Waals surface area contributed by atoms with E-state index in [0.717, 1.165) is 16.7 Å². The lowest BCUT2D eigenvalue weighted by atomic mass is 10.0. The Morgan fingerprint density at radius 2 is 1.76 bits per heavy atom. The summed E-state index contributed by atoms with van der Waals surface area (Å²) in [5.74, 6) is -1.58. The van der Waals surface area contributed by atoms with Crippen molar-refractivity contribution in [3.8, 4) is 0 Å². The molecule has 42 heavy (non-hydrogen) atoms. The maximum atomic E-state index is 12.3. The van der Waals surface area contributed by atoms with Gasteiger partial charge in [0.05, 0.1) is 42.2 Å². The number of nitrogen functional groups attached to an aromatic ring is 1. The number of nitrogens with two attached hydrogens (primary N) is 1. The lowest BCUT2D eigenvalue weighted by Crippen LogP contribution is -2.44. The standard InChI is InChI=1S/C33H35N3O5S/c1-3-4-7-12-23(2)17-40-30-29(39-19-25-15-10-6-11-16-25)27(20-38-18-24-13-8-5-9-14-24)41-33(30,37)31-28-26(21-42-31)32(34)36-22-35-28/h3-16,21-22,27,29-30,37H,2,17-20H2,1H3,(H2,34,35,36). The Kier molecular flexibility index (Phi) is 9.91. The zero-order valence-electron chi connectivity index (χ0n) is 23.5. The second-order valence-corrected chi connectivity index (χ2v) is 10.9. The summed E-state index contributed by atoms with van der Waals surface area (Å²) in [6, 6.07) is 19.7. The summed E-state index contributed by atoms with van der Waals surface area (Å²) in [4.78, 5) is 8.99. The molecule has 218 valence electrons. The van der Waals surface area contributed by atoms with E-state index in [4.69, 9.17) is 24.7 Å². The molecule has 8 nitrogen and oxygen atoms in total. The van der Waals surface area contributed by atoms with Crippen molar-refractivity contribution >= 4 is 28.1 Å². The van der Waals surface area contributed by atoms with Gasteiger partial charge in [-0.1, -0.05) is 91.5 Å². The number of rotatable bonds is 13. The first kappa shape index (κ1) is 29.8. The van der Waals surface area contributed by atoms with E-state index in [1.165, 1.54) is 17.7 Å². The van der Waals surface area contributed by atoms with E-state index >= 15 is 0 Å². The fraction of sp³-hybridized carbons (Fsp3) is 0.273. The molecule has 4 atom stereocenters. The van der Waals surface area contributed by atoms with E-state index in [1.54, 1.807) is 0 Å². The van der Waals surface area contributed by atoms with Crippen LogP contribution in [0.4, 0.5) is 5.82 Å². The summed E-state index contributed by atoms with van der Waals surface area (Å²) in [5, 5.41) is 14.8. The molecule has 3 N–H and O–H groups in total. The zero-order valence-corrected chi connectivity index (χ0v) is 24.3. The third-order valence-electron chi connectivity index (χ3n) is 6.89. The van der Waals surface area contributed by atoms with Gasteiger partial charge in [0.15, 0.2) is 0 Å². The molecule has 4 unspecified atom stereocenters. The van der Waals surface area contributed by atoms with Gasteiger partial charge in [0.2, 0.25) is 5.79 Å². The number of fused-ring (bicyclic) bond motifs is 1. The average molecular weight is 586 g/mol. The van der Waals surface area contributed by atoms with E-state index in [9.17, 15) is 5.11 Å². The van der Waals surface area contributed by atoms with Crippen LogP contribution in [-0.4, -0.2) is 46.6 Å². The quantitative estimate of drug-likeness (QED) is 0.193. The van der Waals surface area contributed by atoms with Gasteiger partial charge in [-0.15, -0.1) is 11.3 Å². The van der Waals surface area contributed by atoms with Crippen molar-refractivity contribution in [1.29, 1.82) is 0 Å². The van der Waals surface area contributed by atoms with E-state index < -0.39 is 24.1 Å². The number of nitrogens with zero attached hydrogens (tertiary/aromatic N) is 2. The Bertz CT molecular complexity index is 1520. The van der Waals surface area contributed by atoms with Crippen LogP contribution < -0.4 is 5.73 Å². The zero-order chi connectivity index (χ0) is 29.4. The van der Waals surface area contributed by atoms with Gasteiger partial charge in [-0.05, 0) is 23.6 Å². The second kappa shape index (κ2) is 14.0. The predicted molar refractivity (Wildman–Crippen MR) is 165 cm³/mol. The highest BCUT2D eigenvalue weighted by molar-refractivity contribution is 7.11. The molecule has 5 rings (SSSR count). The van der Waals surface area contributed by atoms with Crippen LogP contribution in [-0.2, 0) is 37.9 Å². The number of aromatic nitrogens is 2. The Morgan fingerprint density at radius 1 is 1.05 bits per heavy atom. The van der Waals surface area contributed by atoms with E-state index in [-0.39, 0.29) is 13.2 Å². The molecule has 4 aromatic rings. The van der Waals surface area contributed by atoms with Gasteiger partial charge in [0.25, 0.3) is 0 Å². The number of aliphatic hydroxyl groups is 1. The molecule has 1 saturated heterocycles. The molecule has 0 saturated carbocycles. The number of hydrogen-bond donors (Lipinski definition) is 2. The maximum absolute atomic E-state index is 12.3. The van der Waals surface area contributed by atoms with Crippen LogP contribution in [0.25, 0.3) is 10.9 Å². The van der Waals surface area contributed by atoms with E-state index in [0.29, 0.717) is 34.8 Å². The Hall–Kier alpha value is -3.70. The lowest BCUT2D eigenvalue weighted by molar-refractivity contribution is -0.246. The number of benzene rings is 2. The lowest BCUT2D eigenvalue weighted by Gasteiger charge is -2.30. The first-order valence-electron chi connectivity index (χ1n) is 13.7. The molecule has 1 aliphatic rings. The molecule has 1 fully saturated rings. The van der Waals surface area contributed by atoms with Crippen LogP contribution in [0.5, 0.6) is 0 Å². The van der Waals surface area contributed by atoms with Crippen molar-refractivity contribution in [3.63, 3.8) is 0 Å². The van der Waals surface area contributed by atoms with Gasteiger partial charge in [0, 0.05) is 5.38 Å². The third-order valence-corrected chi connectivity index (χ3v) is 7.97. The van der Waals surface area contributed by atoms with Crippen molar-refractivity contribution < 1.29 is 24.1 Å². The van der Waals surface area contributed by atoms with Crippen molar-refractivity contribution in [2.75, 3.05) is 18.9 Å². The molecule has 0 amide bonds. The SMILES string of the molecule is C=C(C=CC=CC)COC1C(OCc2ccccc2)C(COCc2ccccc2)OC1(O)c1scc2c(N)ncnc12. The minimum Gasteiger partial charge on any atom is -0.383 e. The number of allylic oxidation sites excluding steroid dienone is 3. The largest absolute Gasteiger partial charge is 0.383 e. The predicted octanol–water partition coefficient (Wildman–Crippen LogP) is 5.69. The smallest absolute Gasteiger partial charge is 0.234 e. The van der Waals surface area contributed by atoms with E-state index in [2.05, 4.69) is 16.5 Å². The average Bonchev–Trinajstić information content (AvgIpc) is 3.56. The summed E-state index contributed by atoms with van der Waals surface area (Å²) in [7, 11) is 0. The van der Waals surface area contributed by atoms with Crippen LogP contribution in [0, 0.1) is 0 Å². The molecule has 1 aliphatic heterocycles. The van der Waals surface area contributed by atoms with Crippen molar-refractivity contribution in [1.82, 2.24) is 9.97 Å². The molecule has 0 bridgehead atoms. The first-order valence-corrected chi connectivity index (χ1v) is 14.6. The van der Waals surface area contributed by atoms with Crippen LogP contribution in [0.2, 0.25) is 0 Å². The van der Waals surface area contributed by atoms with Crippen molar-refractivity contribution in [2.24, 2.45) is 0 Å². The summed E-state index contributed by atoms with van der Waals surface area (Å²) in [5.41, 5.74) is 9.36. The molecule has 9 heteroatoms. The number of thiophene rings is 1. The first-order chi connectivity index (χ1) is 20.5. The second-order valence-electron chi connectivity index (χ2n) is 9.98. The molecule has 0 radical (unpaired) electrons. The van der Waals surface area contributed by atoms with Gasteiger partial charge in [-0.25, -0.2) is 9.97 Å². The van der Waals surface area contributed by atoms with E-state index in [1.807, 2.05) is 97.3 Å². The minimum absolute atomic E-state index is 0.146. The van der Waals surface area contributed by atoms with Gasteiger partial charge in [0.1, 0.15) is 30.5 Å². The number of ether oxygens (including phenoxy) is 4. The molecule has 2 aromatic carbocycles. The normalized spacial score (nSPS) is 22.5. The number of anilines is 1. The van der Waals surface area contributed by atoms with Gasteiger partial charge in [-0.2, -0.15) is 0 Å². The third kappa shape index (κ3) is 6.84. The van der Waals surface area contributed by atoms with Gasteiger partial charge < -0.3 is 29.8 Å². The van der Waals surface area contributed by atoms with Crippen LogP contribution in [0.1, 0.15) is 22.9 Å². The van der Waals surface area contributed by atoms with Crippen molar-refractivity contribution in [2.45, 2.75) is 44.2 Å². The highest BCUT2D eigenvalue weighted by Gasteiger charge is 2.58.